The summed E-state index contributed by atoms with van der Waals surface area (Å²) in [6.45, 7) is 2.77. The molecule has 2 aromatic carbocycles. The summed E-state index contributed by atoms with van der Waals surface area (Å²) in [6.07, 6.45) is 0. The Balaban J connectivity index is 1.54. The van der Waals surface area contributed by atoms with Gasteiger partial charge in [-0.3, -0.25) is 0 Å². The zero-order valence-electron chi connectivity index (χ0n) is 15.9. The van der Waals surface area contributed by atoms with E-state index in [0.717, 1.165) is 28.8 Å². The maximum atomic E-state index is 6.20. The quantitative estimate of drug-likeness (QED) is 0.385. The van der Waals surface area contributed by atoms with Gasteiger partial charge >= 0.3 is 0 Å². The molecule has 0 aliphatic heterocycles. The Labute approximate surface area is 177 Å². The monoisotopic (exact) mass is 427 g/mol. The molecule has 0 fully saturated rings. The van der Waals surface area contributed by atoms with Gasteiger partial charge in [0, 0.05) is 6.54 Å². The largest absolute Gasteiger partial charge is 0.496 e. The Kier molecular flexibility index (Phi) is 5.82. The van der Waals surface area contributed by atoms with Crippen LogP contribution < -0.4 is 4.74 Å². The van der Waals surface area contributed by atoms with Crippen LogP contribution in [0.3, 0.4) is 0 Å². The van der Waals surface area contributed by atoms with Crippen LogP contribution in [-0.2, 0) is 12.3 Å². The molecule has 0 aliphatic carbocycles. The van der Waals surface area contributed by atoms with Crippen LogP contribution in [0.15, 0.2) is 58.1 Å². The average Bonchev–Trinajstić information content (AvgIpc) is 3.39. The first-order valence-corrected chi connectivity index (χ1v) is 10.3. The summed E-state index contributed by atoms with van der Waals surface area (Å²) in [7, 11) is 1.65. The van der Waals surface area contributed by atoms with Gasteiger partial charge in [0.1, 0.15) is 5.75 Å². The van der Waals surface area contributed by atoms with Crippen LogP contribution in [0.5, 0.6) is 5.75 Å². The summed E-state index contributed by atoms with van der Waals surface area (Å²) in [4.78, 5) is 0. The second-order valence-corrected chi connectivity index (χ2v) is 7.37. The van der Waals surface area contributed by atoms with Crippen LogP contribution in [0.2, 0.25) is 5.02 Å². The van der Waals surface area contributed by atoms with Gasteiger partial charge in [0.2, 0.25) is 11.8 Å². The lowest BCUT2D eigenvalue weighted by atomic mass is 10.2. The number of methoxy groups -OCH3 is 1. The molecule has 7 nitrogen and oxygen atoms in total. The minimum absolute atomic E-state index is 0.401. The number of para-hydroxylation sites is 1. The van der Waals surface area contributed by atoms with Crippen molar-refractivity contribution in [3.63, 3.8) is 0 Å². The first kappa shape index (κ1) is 19.5. The standard InChI is InChI=1S/C20H18ClN5O2S/c1-3-26-18(14-9-5-7-11-16(14)27-2)23-25-20(26)29-12-17-22-24-19(28-17)13-8-4-6-10-15(13)21/h4-11H,3,12H2,1-2H3. The van der Waals surface area contributed by atoms with Gasteiger partial charge in [0.15, 0.2) is 11.0 Å². The summed E-state index contributed by atoms with van der Waals surface area (Å²) in [6, 6.07) is 15.1. The van der Waals surface area contributed by atoms with Gasteiger partial charge in [-0.2, -0.15) is 0 Å². The van der Waals surface area contributed by atoms with E-state index in [-0.39, 0.29) is 0 Å². The molecule has 0 N–H and O–H groups in total. The summed E-state index contributed by atoms with van der Waals surface area (Å²) in [5, 5.41) is 18.3. The predicted molar refractivity (Wildman–Crippen MR) is 112 cm³/mol. The highest BCUT2D eigenvalue weighted by Crippen LogP contribution is 2.32. The lowest BCUT2D eigenvalue weighted by Crippen LogP contribution is -2.01. The molecule has 0 unspecified atom stereocenters. The highest BCUT2D eigenvalue weighted by atomic mass is 35.5. The zero-order chi connectivity index (χ0) is 20.2. The number of benzene rings is 2. The predicted octanol–water partition coefficient (Wildman–Crippen LogP) is 4.97. The maximum Gasteiger partial charge on any atom is 0.249 e. The summed E-state index contributed by atoms with van der Waals surface area (Å²) in [5.74, 6) is 2.89. The van der Waals surface area contributed by atoms with Gasteiger partial charge in [-0.1, -0.05) is 47.6 Å². The first-order valence-electron chi connectivity index (χ1n) is 8.98. The number of hydrogen-bond donors (Lipinski definition) is 0. The lowest BCUT2D eigenvalue weighted by molar-refractivity contribution is 0.416. The van der Waals surface area contributed by atoms with E-state index in [4.69, 9.17) is 20.8 Å². The van der Waals surface area contributed by atoms with Crippen LogP contribution in [0, 0.1) is 0 Å². The molecule has 0 radical (unpaired) electrons. The molecular weight excluding hydrogens is 410 g/mol. The molecule has 4 rings (SSSR count). The summed E-state index contributed by atoms with van der Waals surface area (Å²) >= 11 is 7.69. The molecule has 2 aromatic heterocycles. The Morgan fingerprint density at radius 2 is 1.76 bits per heavy atom. The smallest absolute Gasteiger partial charge is 0.249 e. The molecule has 0 bridgehead atoms. The van der Waals surface area contributed by atoms with Crippen molar-refractivity contribution >= 4 is 23.4 Å². The van der Waals surface area contributed by atoms with Crippen LogP contribution >= 0.6 is 23.4 Å². The van der Waals surface area contributed by atoms with E-state index < -0.39 is 0 Å². The van der Waals surface area contributed by atoms with Gasteiger partial charge in [0.25, 0.3) is 0 Å². The van der Waals surface area contributed by atoms with Gasteiger partial charge in [0.05, 0.1) is 29.0 Å². The molecule has 148 valence electrons. The molecule has 9 heteroatoms. The van der Waals surface area contributed by atoms with Crippen molar-refractivity contribution in [3.05, 3.63) is 59.4 Å². The van der Waals surface area contributed by atoms with E-state index in [2.05, 4.69) is 27.3 Å². The average molecular weight is 428 g/mol. The van der Waals surface area contributed by atoms with Crippen molar-refractivity contribution in [2.75, 3.05) is 7.11 Å². The van der Waals surface area contributed by atoms with Gasteiger partial charge in [-0.05, 0) is 31.2 Å². The fourth-order valence-corrected chi connectivity index (χ4v) is 3.95. The van der Waals surface area contributed by atoms with Gasteiger partial charge in [-0.15, -0.1) is 20.4 Å². The third-order valence-corrected chi connectivity index (χ3v) is 5.56. The van der Waals surface area contributed by atoms with Crippen molar-refractivity contribution in [3.8, 4) is 28.6 Å². The normalized spacial score (nSPS) is 11.0. The molecule has 0 amide bonds. The second kappa shape index (κ2) is 8.67. The molecule has 0 spiro atoms. The SMILES string of the molecule is CCn1c(SCc2nnc(-c3ccccc3Cl)o2)nnc1-c1ccccc1OC. The number of thioether (sulfide) groups is 1. The fourth-order valence-electron chi connectivity index (χ4n) is 2.89. The lowest BCUT2D eigenvalue weighted by Gasteiger charge is -2.09. The van der Waals surface area contributed by atoms with Crippen molar-refractivity contribution < 1.29 is 9.15 Å². The number of aromatic nitrogens is 5. The third kappa shape index (κ3) is 3.99. The minimum Gasteiger partial charge on any atom is -0.496 e. The second-order valence-electron chi connectivity index (χ2n) is 6.02. The number of rotatable bonds is 7. The number of ether oxygens (including phenoxy) is 1. The number of halogens is 1. The van der Waals surface area contributed by atoms with E-state index in [1.165, 1.54) is 11.8 Å². The van der Waals surface area contributed by atoms with Gasteiger partial charge in [-0.25, -0.2) is 0 Å². The number of nitrogens with zero attached hydrogens (tertiary/aromatic N) is 5. The van der Waals surface area contributed by atoms with E-state index in [9.17, 15) is 0 Å². The summed E-state index contributed by atoms with van der Waals surface area (Å²) in [5.41, 5.74) is 1.61. The van der Waals surface area contributed by atoms with Crippen LogP contribution in [0.1, 0.15) is 12.8 Å². The Bertz CT molecular complexity index is 1130. The molecule has 0 saturated heterocycles. The zero-order valence-corrected chi connectivity index (χ0v) is 17.4. The molecule has 4 aromatic rings. The molecule has 29 heavy (non-hydrogen) atoms. The fraction of sp³-hybridized carbons (Fsp3) is 0.200. The van der Waals surface area contributed by atoms with Crippen LogP contribution in [0.4, 0.5) is 0 Å². The Morgan fingerprint density at radius 1 is 1.00 bits per heavy atom. The molecule has 0 saturated carbocycles. The van der Waals surface area contributed by atoms with Crippen LogP contribution in [-0.4, -0.2) is 32.1 Å². The number of hydrogen-bond acceptors (Lipinski definition) is 7. The highest BCUT2D eigenvalue weighted by molar-refractivity contribution is 7.98. The van der Waals surface area contributed by atoms with Crippen molar-refractivity contribution in [2.24, 2.45) is 0 Å². The molecule has 2 heterocycles. The van der Waals surface area contributed by atoms with Gasteiger partial charge < -0.3 is 13.7 Å². The topological polar surface area (TPSA) is 78.9 Å². The molecule has 0 atom stereocenters. The van der Waals surface area contributed by atoms with E-state index >= 15 is 0 Å². The minimum atomic E-state index is 0.401. The summed E-state index contributed by atoms with van der Waals surface area (Å²) < 4.78 is 13.3. The highest BCUT2D eigenvalue weighted by Gasteiger charge is 2.18. The van der Waals surface area contributed by atoms with Crippen molar-refractivity contribution in [2.45, 2.75) is 24.4 Å². The van der Waals surface area contributed by atoms with Crippen LogP contribution in [0.25, 0.3) is 22.8 Å². The third-order valence-electron chi connectivity index (χ3n) is 4.28. The molecule has 0 aliphatic rings. The van der Waals surface area contributed by atoms with E-state index in [1.54, 1.807) is 13.2 Å². The van der Waals surface area contributed by atoms with E-state index in [0.29, 0.717) is 28.1 Å². The first-order chi connectivity index (χ1) is 14.2. The Morgan fingerprint density at radius 3 is 2.52 bits per heavy atom. The Hall–Kier alpha value is -2.84. The van der Waals surface area contributed by atoms with Crippen molar-refractivity contribution in [1.29, 1.82) is 0 Å². The van der Waals surface area contributed by atoms with Crippen molar-refractivity contribution in [1.82, 2.24) is 25.0 Å². The maximum absolute atomic E-state index is 6.20. The molecular formula is C20H18ClN5O2S. The van der Waals surface area contributed by atoms with E-state index in [1.807, 2.05) is 47.0 Å².